The van der Waals surface area contributed by atoms with Gasteiger partial charge >= 0.3 is 0 Å². The molecule has 19 heavy (non-hydrogen) atoms. The first-order chi connectivity index (χ1) is 8.95. The van der Waals surface area contributed by atoms with Crippen LogP contribution in [0.1, 0.15) is 38.3 Å². The monoisotopic (exact) mass is 283 g/mol. The Morgan fingerprint density at radius 3 is 2.74 bits per heavy atom. The van der Waals surface area contributed by atoms with E-state index in [2.05, 4.69) is 37.3 Å². The third kappa shape index (κ3) is 4.82. The molecule has 1 aromatic rings. The van der Waals surface area contributed by atoms with Crippen molar-refractivity contribution in [2.24, 2.45) is 5.84 Å². The number of benzene rings is 1. The van der Waals surface area contributed by atoms with Crippen LogP contribution in [-0.2, 0) is 4.79 Å². The van der Waals surface area contributed by atoms with Gasteiger partial charge < -0.3 is 0 Å². The standard InChI is InChI=1S/C14H22ClN3O/c1-10(7-8-14(19)17-16)18(3)11(2)12-5-4-6-13(15)9-12/h4-6,9-11H,7-8,16H2,1-3H3,(H,17,19). The Morgan fingerprint density at radius 2 is 2.16 bits per heavy atom. The van der Waals surface area contributed by atoms with Crippen molar-refractivity contribution in [3.8, 4) is 0 Å². The minimum atomic E-state index is -0.129. The van der Waals surface area contributed by atoms with Gasteiger partial charge in [-0.2, -0.15) is 0 Å². The zero-order valence-corrected chi connectivity index (χ0v) is 12.4. The van der Waals surface area contributed by atoms with E-state index in [0.717, 1.165) is 11.4 Å². The van der Waals surface area contributed by atoms with E-state index < -0.39 is 0 Å². The van der Waals surface area contributed by atoms with Gasteiger partial charge in [0, 0.05) is 23.5 Å². The lowest BCUT2D eigenvalue weighted by molar-refractivity contribution is -0.121. The van der Waals surface area contributed by atoms with Gasteiger partial charge in [-0.1, -0.05) is 23.7 Å². The van der Waals surface area contributed by atoms with E-state index in [4.69, 9.17) is 17.4 Å². The second-order valence-electron chi connectivity index (χ2n) is 4.85. The second kappa shape index (κ2) is 7.48. The predicted octanol–water partition coefficient (Wildman–Crippen LogP) is 2.49. The summed E-state index contributed by atoms with van der Waals surface area (Å²) in [6, 6.07) is 8.39. The number of rotatable bonds is 6. The first-order valence-electron chi connectivity index (χ1n) is 6.42. The molecule has 0 radical (unpaired) electrons. The van der Waals surface area contributed by atoms with Gasteiger partial charge in [-0.25, -0.2) is 5.84 Å². The molecule has 0 aromatic heterocycles. The number of amides is 1. The fraction of sp³-hybridized carbons (Fsp3) is 0.500. The van der Waals surface area contributed by atoms with Crippen LogP contribution < -0.4 is 11.3 Å². The Morgan fingerprint density at radius 1 is 1.47 bits per heavy atom. The van der Waals surface area contributed by atoms with Crippen molar-refractivity contribution in [3.63, 3.8) is 0 Å². The first-order valence-corrected chi connectivity index (χ1v) is 6.80. The average Bonchev–Trinajstić information content (AvgIpc) is 2.42. The van der Waals surface area contributed by atoms with Crippen LogP contribution in [0.3, 0.4) is 0 Å². The van der Waals surface area contributed by atoms with E-state index in [-0.39, 0.29) is 18.0 Å². The molecule has 2 unspecified atom stereocenters. The van der Waals surface area contributed by atoms with Gasteiger partial charge in [-0.05, 0) is 45.0 Å². The molecule has 1 amide bonds. The summed E-state index contributed by atoms with van der Waals surface area (Å²) in [4.78, 5) is 13.4. The molecule has 0 aliphatic rings. The van der Waals surface area contributed by atoms with E-state index in [9.17, 15) is 4.79 Å². The molecule has 0 aliphatic heterocycles. The summed E-state index contributed by atoms with van der Waals surface area (Å²) in [6.07, 6.45) is 1.20. The Balaban J connectivity index is 2.60. The number of halogens is 1. The highest BCUT2D eigenvalue weighted by atomic mass is 35.5. The summed E-state index contributed by atoms with van der Waals surface area (Å²) in [5, 5.41) is 0.743. The molecule has 5 heteroatoms. The number of hydrogen-bond acceptors (Lipinski definition) is 3. The fourth-order valence-corrected chi connectivity index (χ4v) is 2.20. The second-order valence-corrected chi connectivity index (χ2v) is 5.29. The largest absolute Gasteiger partial charge is 0.297 e. The summed E-state index contributed by atoms with van der Waals surface area (Å²) in [5.74, 6) is 4.95. The molecule has 4 nitrogen and oxygen atoms in total. The van der Waals surface area contributed by atoms with Gasteiger partial charge in [0.25, 0.3) is 0 Å². The van der Waals surface area contributed by atoms with Crippen LogP contribution >= 0.6 is 11.6 Å². The summed E-state index contributed by atoms with van der Waals surface area (Å²) in [6.45, 7) is 4.23. The van der Waals surface area contributed by atoms with Gasteiger partial charge in [-0.3, -0.25) is 15.1 Å². The van der Waals surface area contributed by atoms with E-state index in [1.807, 2.05) is 18.2 Å². The molecule has 0 heterocycles. The van der Waals surface area contributed by atoms with Crippen molar-refractivity contribution in [3.05, 3.63) is 34.9 Å². The van der Waals surface area contributed by atoms with Gasteiger partial charge in [0.1, 0.15) is 0 Å². The highest BCUT2D eigenvalue weighted by Crippen LogP contribution is 2.24. The molecule has 2 atom stereocenters. The fourth-order valence-electron chi connectivity index (χ4n) is 2.00. The Hall–Kier alpha value is -1.10. The summed E-state index contributed by atoms with van der Waals surface area (Å²) >= 11 is 6.01. The number of carbonyl (C=O) groups is 1. The van der Waals surface area contributed by atoms with E-state index in [1.54, 1.807) is 0 Å². The highest BCUT2D eigenvalue weighted by Gasteiger charge is 2.18. The lowest BCUT2D eigenvalue weighted by atomic mass is 10.0. The Bertz CT molecular complexity index is 425. The molecule has 0 bridgehead atoms. The van der Waals surface area contributed by atoms with Crippen molar-refractivity contribution < 1.29 is 4.79 Å². The third-order valence-corrected chi connectivity index (χ3v) is 3.82. The normalized spacial score (nSPS) is 14.2. The van der Waals surface area contributed by atoms with Crippen molar-refractivity contribution in [1.82, 2.24) is 10.3 Å². The molecule has 1 aromatic carbocycles. The molecule has 1 rings (SSSR count). The van der Waals surface area contributed by atoms with Gasteiger partial charge in [0.2, 0.25) is 5.91 Å². The molecule has 0 saturated carbocycles. The molecular formula is C14H22ClN3O. The van der Waals surface area contributed by atoms with E-state index >= 15 is 0 Å². The number of nitrogens with one attached hydrogen (secondary N) is 1. The summed E-state index contributed by atoms with van der Waals surface area (Å²) < 4.78 is 0. The summed E-state index contributed by atoms with van der Waals surface area (Å²) in [7, 11) is 2.05. The van der Waals surface area contributed by atoms with Crippen LogP contribution in [0.25, 0.3) is 0 Å². The van der Waals surface area contributed by atoms with Crippen molar-refractivity contribution in [2.45, 2.75) is 38.8 Å². The third-order valence-electron chi connectivity index (χ3n) is 3.59. The molecule has 3 N–H and O–H groups in total. The Kier molecular flexibility index (Phi) is 6.28. The van der Waals surface area contributed by atoms with Crippen molar-refractivity contribution >= 4 is 17.5 Å². The maximum absolute atomic E-state index is 11.2. The van der Waals surface area contributed by atoms with E-state index in [0.29, 0.717) is 6.42 Å². The first kappa shape index (κ1) is 16.0. The zero-order chi connectivity index (χ0) is 14.4. The number of nitrogens with zero attached hydrogens (tertiary/aromatic N) is 1. The van der Waals surface area contributed by atoms with Crippen molar-refractivity contribution in [2.75, 3.05) is 7.05 Å². The lowest BCUT2D eigenvalue weighted by Crippen LogP contribution is -2.35. The summed E-state index contributed by atoms with van der Waals surface area (Å²) in [5.41, 5.74) is 3.32. The lowest BCUT2D eigenvalue weighted by Gasteiger charge is -2.31. The van der Waals surface area contributed by atoms with Gasteiger partial charge in [0.05, 0.1) is 0 Å². The maximum Gasteiger partial charge on any atom is 0.233 e. The number of hydrogen-bond donors (Lipinski definition) is 2. The molecule has 0 fully saturated rings. The topological polar surface area (TPSA) is 58.4 Å². The average molecular weight is 284 g/mol. The number of carbonyl (C=O) groups excluding carboxylic acids is 1. The Labute approximate surface area is 119 Å². The molecular weight excluding hydrogens is 262 g/mol. The smallest absolute Gasteiger partial charge is 0.233 e. The number of nitrogens with two attached hydrogens (primary N) is 1. The molecule has 0 spiro atoms. The molecule has 106 valence electrons. The minimum absolute atomic E-state index is 0.129. The van der Waals surface area contributed by atoms with Crippen LogP contribution in [0.5, 0.6) is 0 Å². The van der Waals surface area contributed by atoms with Crippen LogP contribution in [0, 0.1) is 0 Å². The SMILES string of the molecule is CC(CCC(=O)NN)N(C)C(C)c1cccc(Cl)c1. The van der Waals surface area contributed by atoms with Crippen LogP contribution in [0.2, 0.25) is 5.02 Å². The van der Waals surface area contributed by atoms with Gasteiger partial charge in [0.15, 0.2) is 0 Å². The van der Waals surface area contributed by atoms with E-state index in [1.165, 1.54) is 5.56 Å². The van der Waals surface area contributed by atoms with Crippen LogP contribution in [0.15, 0.2) is 24.3 Å². The molecule has 0 aliphatic carbocycles. The zero-order valence-electron chi connectivity index (χ0n) is 11.7. The van der Waals surface area contributed by atoms with Crippen molar-refractivity contribution in [1.29, 1.82) is 0 Å². The van der Waals surface area contributed by atoms with Crippen LogP contribution in [-0.4, -0.2) is 23.9 Å². The quantitative estimate of drug-likeness (QED) is 0.479. The van der Waals surface area contributed by atoms with Crippen LogP contribution in [0.4, 0.5) is 0 Å². The maximum atomic E-state index is 11.2. The number of hydrazine groups is 1. The predicted molar refractivity (Wildman–Crippen MR) is 78.7 cm³/mol. The molecule has 0 saturated heterocycles. The highest BCUT2D eigenvalue weighted by molar-refractivity contribution is 6.30. The minimum Gasteiger partial charge on any atom is -0.297 e. The van der Waals surface area contributed by atoms with Gasteiger partial charge in [-0.15, -0.1) is 0 Å².